The van der Waals surface area contributed by atoms with Crippen LogP contribution in [0.1, 0.15) is 28.1 Å². The Kier molecular flexibility index (Phi) is 4.88. The summed E-state index contributed by atoms with van der Waals surface area (Å²) in [5.41, 5.74) is 3.44. The number of anilines is 1. The van der Waals surface area contributed by atoms with Gasteiger partial charge >= 0.3 is 0 Å². The van der Waals surface area contributed by atoms with Crippen LogP contribution in [0.2, 0.25) is 0 Å². The Morgan fingerprint density at radius 2 is 2.12 bits per heavy atom. The zero-order chi connectivity index (χ0) is 16.7. The molecule has 0 spiro atoms. The number of hydrogen-bond donors (Lipinski definition) is 1. The van der Waals surface area contributed by atoms with Gasteiger partial charge in [-0.05, 0) is 51.2 Å². The molecule has 4 rings (SSSR count). The van der Waals surface area contributed by atoms with Crippen molar-refractivity contribution in [3.63, 3.8) is 0 Å². The third-order valence-electron chi connectivity index (χ3n) is 4.79. The lowest BCUT2D eigenvalue weighted by Gasteiger charge is -2.27. The van der Waals surface area contributed by atoms with Crippen LogP contribution < -0.4 is 5.32 Å². The maximum Gasteiger partial charge on any atom is 0.258 e. The number of aryl methyl sites for hydroxylation is 1. The highest BCUT2D eigenvalue weighted by Crippen LogP contribution is 2.34. The first kappa shape index (κ1) is 17.6. The van der Waals surface area contributed by atoms with Crippen molar-refractivity contribution < 1.29 is 13.6 Å². The van der Waals surface area contributed by atoms with Crippen LogP contribution >= 0.6 is 12.4 Å². The summed E-state index contributed by atoms with van der Waals surface area (Å²) >= 11 is 0. The van der Waals surface area contributed by atoms with Gasteiger partial charge in [0.25, 0.3) is 5.91 Å². The van der Waals surface area contributed by atoms with E-state index in [0.29, 0.717) is 11.6 Å². The van der Waals surface area contributed by atoms with E-state index in [4.69, 9.17) is 8.83 Å². The fraction of sp³-hybridized carbons (Fsp3) is 0.316. The van der Waals surface area contributed by atoms with E-state index in [1.54, 1.807) is 6.07 Å². The highest BCUT2D eigenvalue weighted by atomic mass is 35.5. The van der Waals surface area contributed by atoms with Crippen molar-refractivity contribution >= 4 is 35.0 Å². The van der Waals surface area contributed by atoms with Crippen molar-refractivity contribution in [3.05, 3.63) is 53.7 Å². The van der Waals surface area contributed by atoms with Crippen LogP contribution in [0, 0.1) is 0 Å². The van der Waals surface area contributed by atoms with Crippen LogP contribution in [0.3, 0.4) is 0 Å². The molecule has 0 fully saturated rings. The molecule has 1 aromatic carbocycles. The average Bonchev–Trinajstić information content (AvgIpc) is 3.21. The van der Waals surface area contributed by atoms with Gasteiger partial charge in [0, 0.05) is 29.1 Å². The Balaban J connectivity index is 0.00000182. The summed E-state index contributed by atoms with van der Waals surface area (Å²) in [5.74, 6) is 0.910. The first-order chi connectivity index (χ1) is 11.6. The molecule has 2 heterocycles. The number of nitrogens with zero attached hydrogens (tertiary/aromatic N) is 1. The molecule has 132 valence electrons. The van der Waals surface area contributed by atoms with Crippen LogP contribution in [0.5, 0.6) is 0 Å². The lowest BCUT2D eigenvalue weighted by atomic mass is 9.91. The first-order valence-electron chi connectivity index (χ1n) is 8.16. The van der Waals surface area contributed by atoms with Gasteiger partial charge in [0.2, 0.25) is 0 Å². The van der Waals surface area contributed by atoms with Crippen LogP contribution in [0.25, 0.3) is 11.0 Å². The maximum absolute atomic E-state index is 12.2. The number of halogens is 1. The Labute approximate surface area is 152 Å². The van der Waals surface area contributed by atoms with Gasteiger partial charge in [0.1, 0.15) is 17.6 Å². The predicted octanol–water partition coefficient (Wildman–Crippen LogP) is 4.12. The van der Waals surface area contributed by atoms with E-state index in [-0.39, 0.29) is 18.3 Å². The van der Waals surface area contributed by atoms with Gasteiger partial charge < -0.3 is 19.1 Å². The highest BCUT2D eigenvalue weighted by Gasteiger charge is 2.25. The molecule has 1 N–H and O–H groups in total. The molecular formula is C19H21ClN2O3. The Morgan fingerprint density at radius 3 is 2.84 bits per heavy atom. The van der Waals surface area contributed by atoms with Crippen LogP contribution in [0.15, 0.2) is 45.6 Å². The molecule has 3 aromatic rings. The second-order valence-corrected chi connectivity index (χ2v) is 6.54. The van der Waals surface area contributed by atoms with E-state index in [1.807, 2.05) is 18.2 Å². The van der Waals surface area contributed by atoms with Crippen molar-refractivity contribution in [1.29, 1.82) is 0 Å². The average molecular weight is 361 g/mol. The molecule has 1 unspecified atom stereocenters. The molecular weight excluding hydrogens is 340 g/mol. The summed E-state index contributed by atoms with van der Waals surface area (Å²) in [6.45, 7) is 0. The van der Waals surface area contributed by atoms with Crippen molar-refractivity contribution in [2.45, 2.75) is 25.3 Å². The zero-order valence-electron chi connectivity index (χ0n) is 14.2. The molecule has 5 nitrogen and oxygen atoms in total. The second-order valence-electron chi connectivity index (χ2n) is 6.54. The van der Waals surface area contributed by atoms with E-state index in [1.165, 1.54) is 18.1 Å². The standard InChI is InChI=1S/C19H20N2O3.ClH/c1-21(2)14-4-6-18-16(10-14)15-9-13(3-5-17(15)24-18)20-19(22)12-7-8-23-11-12;/h3,5,7-9,11,14H,4,6,10H2,1-2H3,(H,20,22);1H. The largest absolute Gasteiger partial charge is 0.472 e. The lowest BCUT2D eigenvalue weighted by Crippen LogP contribution is -2.33. The molecule has 0 bridgehead atoms. The molecule has 1 aliphatic carbocycles. The predicted molar refractivity (Wildman–Crippen MR) is 99.6 cm³/mol. The molecule has 0 radical (unpaired) electrons. The SMILES string of the molecule is CN(C)C1CCc2oc3ccc(NC(=O)c4ccoc4)cc3c2C1.Cl. The molecule has 6 heteroatoms. The number of rotatable bonds is 3. The normalized spacial score (nSPS) is 16.5. The minimum absolute atomic E-state index is 0. The Bertz CT molecular complexity index is 884. The van der Waals surface area contributed by atoms with E-state index >= 15 is 0 Å². The zero-order valence-corrected chi connectivity index (χ0v) is 15.1. The number of benzene rings is 1. The number of amides is 1. The molecule has 1 aliphatic rings. The van der Waals surface area contributed by atoms with E-state index < -0.39 is 0 Å². The second kappa shape index (κ2) is 6.94. The van der Waals surface area contributed by atoms with Crippen LogP contribution in [-0.2, 0) is 12.8 Å². The number of carbonyl (C=O) groups excluding carboxylic acids is 1. The van der Waals surface area contributed by atoms with Gasteiger partial charge in [0.15, 0.2) is 0 Å². The number of likely N-dealkylation sites (N-methyl/N-ethyl adjacent to an activating group) is 1. The van der Waals surface area contributed by atoms with Crippen molar-refractivity contribution in [3.8, 4) is 0 Å². The quantitative estimate of drug-likeness (QED) is 0.763. The highest BCUT2D eigenvalue weighted by molar-refractivity contribution is 6.05. The van der Waals surface area contributed by atoms with Crippen molar-refractivity contribution in [2.75, 3.05) is 19.4 Å². The molecule has 2 aromatic heterocycles. The first-order valence-corrected chi connectivity index (χ1v) is 8.16. The van der Waals surface area contributed by atoms with Gasteiger partial charge in [-0.3, -0.25) is 4.79 Å². The summed E-state index contributed by atoms with van der Waals surface area (Å²) in [6, 6.07) is 7.99. The molecule has 0 saturated carbocycles. The molecule has 1 atom stereocenters. The maximum atomic E-state index is 12.2. The Morgan fingerprint density at radius 1 is 1.28 bits per heavy atom. The molecule has 0 saturated heterocycles. The summed E-state index contributed by atoms with van der Waals surface area (Å²) < 4.78 is 11.0. The fourth-order valence-electron chi connectivity index (χ4n) is 3.38. The van der Waals surface area contributed by atoms with E-state index in [2.05, 4.69) is 24.3 Å². The number of furan rings is 2. The van der Waals surface area contributed by atoms with Crippen LogP contribution in [0.4, 0.5) is 5.69 Å². The molecule has 25 heavy (non-hydrogen) atoms. The van der Waals surface area contributed by atoms with E-state index in [0.717, 1.165) is 41.7 Å². The van der Waals surface area contributed by atoms with Crippen LogP contribution in [-0.4, -0.2) is 30.9 Å². The number of nitrogens with one attached hydrogen (secondary N) is 1. The van der Waals surface area contributed by atoms with Crippen molar-refractivity contribution in [1.82, 2.24) is 4.90 Å². The van der Waals surface area contributed by atoms with Gasteiger partial charge in [-0.25, -0.2) is 0 Å². The minimum atomic E-state index is -0.174. The van der Waals surface area contributed by atoms with Crippen molar-refractivity contribution in [2.24, 2.45) is 0 Å². The summed E-state index contributed by atoms with van der Waals surface area (Å²) in [5, 5.41) is 4.01. The Hall–Kier alpha value is -2.24. The number of fused-ring (bicyclic) bond motifs is 3. The minimum Gasteiger partial charge on any atom is -0.472 e. The monoisotopic (exact) mass is 360 g/mol. The number of carbonyl (C=O) groups is 1. The third kappa shape index (κ3) is 3.30. The van der Waals surface area contributed by atoms with Gasteiger partial charge in [-0.2, -0.15) is 0 Å². The lowest BCUT2D eigenvalue weighted by molar-refractivity contribution is 0.102. The number of hydrogen-bond acceptors (Lipinski definition) is 4. The summed E-state index contributed by atoms with van der Waals surface area (Å²) in [4.78, 5) is 14.4. The smallest absolute Gasteiger partial charge is 0.258 e. The van der Waals surface area contributed by atoms with E-state index in [9.17, 15) is 4.79 Å². The fourth-order valence-corrected chi connectivity index (χ4v) is 3.38. The van der Waals surface area contributed by atoms with Gasteiger partial charge in [-0.15, -0.1) is 12.4 Å². The topological polar surface area (TPSA) is 58.6 Å². The molecule has 1 amide bonds. The van der Waals surface area contributed by atoms with Gasteiger partial charge in [-0.1, -0.05) is 0 Å². The molecule has 0 aliphatic heterocycles. The summed E-state index contributed by atoms with van der Waals surface area (Å²) in [7, 11) is 4.24. The summed E-state index contributed by atoms with van der Waals surface area (Å²) in [6.07, 6.45) is 5.99. The van der Waals surface area contributed by atoms with Gasteiger partial charge in [0.05, 0.1) is 11.8 Å². The third-order valence-corrected chi connectivity index (χ3v) is 4.79.